The van der Waals surface area contributed by atoms with Crippen LogP contribution in [0.1, 0.15) is 31.1 Å². The molecule has 0 aliphatic rings. The third-order valence-electron chi connectivity index (χ3n) is 5.13. The highest BCUT2D eigenvalue weighted by atomic mass is 35.5. The van der Waals surface area contributed by atoms with Gasteiger partial charge in [0.2, 0.25) is 0 Å². The Morgan fingerprint density at radius 3 is 2.06 bits per heavy atom. The number of nitrogens with zero attached hydrogens (tertiary/aromatic N) is 1. The van der Waals surface area contributed by atoms with Crippen molar-refractivity contribution < 1.29 is 23.9 Å². The lowest BCUT2D eigenvalue weighted by Crippen LogP contribution is -2.15. The first-order chi connectivity index (χ1) is 16.4. The van der Waals surface area contributed by atoms with Crippen LogP contribution in [-0.4, -0.2) is 37.0 Å². The van der Waals surface area contributed by atoms with Crippen molar-refractivity contribution in [3.63, 3.8) is 0 Å². The Morgan fingerprint density at radius 2 is 1.44 bits per heavy atom. The molecule has 0 aliphatic heterocycles. The Morgan fingerprint density at radius 1 is 0.824 bits per heavy atom. The van der Waals surface area contributed by atoms with Gasteiger partial charge in [0, 0.05) is 21.7 Å². The molecule has 8 heteroatoms. The van der Waals surface area contributed by atoms with Gasteiger partial charge in [-0.05, 0) is 42.5 Å². The van der Waals surface area contributed by atoms with E-state index in [1.165, 1.54) is 32.4 Å². The fraction of sp³-hybridized carbons (Fsp3) is 0.0769. The first kappa shape index (κ1) is 22.9. The van der Waals surface area contributed by atoms with Gasteiger partial charge in [-0.1, -0.05) is 41.9 Å². The van der Waals surface area contributed by atoms with E-state index in [0.717, 1.165) is 5.56 Å². The van der Waals surface area contributed by atoms with Crippen LogP contribution in [0.2, 0.25) is 5.02 Å². The molecule has 170 valence electrons. The monoisotopic (exact) mass is 474 g/mol. The van der Waals surface area contributed by atoms with Gasteiger partial charge in [0.1, 0.15) is 0 Å². The van der Waals surface area contributed by atoms with Crippen molar-refractivity contribution in [2.45, 2.75) is 0 Å². The zero-order chi connectivity index (χ0) is 24.2. The Balaban J connectivity index is 1.78. The topological polar surface area (TPSA) is 94.6 Å². The van der Waals surface area contributed by atoms with Crippen molar-refractivity contribution >= 4 is 46.0 Å². The van der Waals surface area contributed by atoms with E-state index in [2.05, 4.69) is 10.3 Å². The number of fused-ring (bicyclic) bond motifs is 1. The molecule has 0 atom stereocenters. The van der Waals surface area contributed by atoms with Crippen LogP contribution in [0, 0.1) is 0 Å². The van der Waals surface area contributed by atoms with Gasteiger partial charge in [0.15, 0.2) is 0 Å². The van der Waals surface area contributed by atoms with E-state index in [1.54, 1.807) is 24.3 Å². The predicted octanol–water partition coefficient (Wildman–Crippen LogP) is 5.38. The van der Waals surface area contributed by atoms with E-state index in [9.17, 15) is 14.4 Å². The third-order valence-corrected chi connectivity index (χ3v) is 5.39. The smallest absolute Gasteiger partial charge is 0.337 e. The first-order valence-corrected chi connectivity index (χ1v) is 10.6. The predicted molar refractivity (Wildman–Crippen MR) is 129 cm³/mol. The number of hydrogen-bond donors (Lipinski definition) is 1. The molecule has 0 saturated carbocycles. The molecule has 1 amide bonds. The molecule has 0 bridgehead atoms. The molecule has 3 aromatic carbocycles. The van der Waals surface area contributed by atoms with Gasteiger partial charge < -0.3 is 14.8 Å². The minimum atomic E-state index is -0.652. The van der Waals surface area contributed by atoms with Crippen LogP contribution in [0.15, 0.2) is 72.8 Å². The minimum absolute atomic E-state index is 0.0992. The number of carbonyl (C=O) groups excluding carboxylic acids is 3. The van der Waals surface area contributed by atoms with Crippen LogP contribution >= 0.6 is 11.6 Å². The number of ether oxygens (including phenoxy) is 2. The number of hydrogen-bond acceptors (Lipinski definition) is 6. The Hall–Kier alpha value is -4.23. The molecule has 1 N–H and O–H groups in total. The Bertz CT molecular complexity index is 1380. The minimum Gasteiger partial charge on any atom is -0.465 e. The second kappa shape index (κ2) is 9.72. The van der Waals surface area contributed by atoms with Crippen LogP contribution in [0.3, 0.4) is 0 Å². The zero-order valence-electron chi connectivity index (χ0n) is 18.3. The summed E-state index contributed by atoms with van der Waals surface area (Å²) < 4.78 is 9.52. The number of para-hydroxylation sites is 1. The van der Waals surface area contributed by atoms with E-state index < -0.39 is 17.8 Å². The van der Waals surface area contributed by atoms with Crippen LogP contribution in [0.25, 0.3) is 22.2 Å². The van der Waals surface area contributed by atoms with E-state index in [1.807, 2.05) is 30.3 Å². The SMILES string of the molecule is COC(=O)c1cc(NC(=O)c2cc(-c3ccc(Cl)cc3)nc3ccccc23)cc(C(=O)OC)c1. The van der Waals surface area contributed by atoms with Gasteiger partial charge in [0.25, 0.3) is 5.91 Å². The average Bonchev–Trinajstić information content (AvgIpc) is 2.87. The molecule has 0 spiro atoms. The van der Waals surface area contributed by atoms with Crippen LogP contribution in [0.4, 0.5) is 5.69 Å². The number of rotatable bonds is 5. The van der Waals surface area contributed by atoms with Crippen molar-refractivity contribution in [2.75, 3.05) is 19.5 Å². The largest absolute Gasteiger partial charge is 0.465 e. The summed E-state index contributed by atoms with van der Waals surface area (Å²) in [6.07, 6.45) is 0. The van der Waals surface area contributed by atoms with Crippen molar-refractivity contribution in [1.29, 1.82) is 0 Å². The average molecular weight is 475 g/mol. The first-order valence-electron chi connectivity index (χ1n) is 10.2. The summed E-state index contributed by atoms with van der Waals surface area (Å²) in [5.41, 5.74) is 2.84. The summed E-state index contributed by atoms with van der Waals surface area (Å²) in [5, 5.41) is 4.01. The molecule has 34 heavy (non-hydrogen) atoms. The molecule has 1 aromatic heterocycles. The highest BCUT2D eigenvalue weighted by molar-refractivity contribution is 6.30. The van der Waals surface area contributed by atoms with Gasteiger partial charge in [0.05, 0.1) is 42.1 Å². The molecule has 0 unspecified atom stereocenters. The Kier molecular flexibility index (Phi) is 6.56. The summed E-state index contributed by atoms with van der Waals surface area (Å²) in [6.45, 7) is 0. The van der Waals surface area contributed by atoms with Gasteiger partial charge >= 0.3 is 11.9 Å². The van der Waals surface area contributed by atoms with Gasteiger partial charge in [-0.15, -0.1) is 0 Å². The number of benzene rings is 3. The summed E-state index contributed by atoms with van der Waals surface area (Å²) >= 11 is 6.01. The molecular weight excluding hydrogens is 456 g/mol. The lowest BCUT2D eigenvalue weighted by Gasteiger charge is -2.12. The standard InChI is InChI=1S/C26H19ClN2O5/c1-33-25(31)16-11-17(26(32)34-2)13-19(12-16)28-24(30)21-14-23(15-7-9-18(27)10-8-15)29-22-6-4-3-5-20(21)22/h3-14H,1-2H3,(H,28,30). The van der Waals surface area contributed by atoms with Crippen LogP contribution in [0.5, 0.6) is 0 Å². The van der Waals surface area contributed by atoms with E-state index >= 15 is 0 Å². The van der Waals surface area contributed by atoms with Gasteiger partial charge in [-0.3, -0.25) is 4.79 Å². The van der Waals surface area contributed by atoms with E-state index in [-0.39, 0.29) is 16.8 Å². The summed E-state index contributed by atoms with van der Waals surface area (Å²) in [4.78, 5) is 42.2. The molecule has 7 nitrogen and oxygen atoms in total. The highest BCUT2D eigenvalue weighted by Gasteiger charge is 2.18. The lowest BCUT2D eigenvalue weighted by atomic mass is 10.0. The number of amides is 1. The maximum absolute atomic E-state index is 13.4. The zero-order valence-corrected chi connectivity index (χ0v) is 19.1. The quantitative estimate of drug-likeness (QED) is 0.390. The number of anilines is 1. The Labute approximate surface area is 200 Å². The number of halogens is 1. The van der Waals surface area contributed by atoms with E-state index in [4.69, 9.17) is 21.1 Å². The number of carbonyl (C=O) groups is 3. The van der Waals surface area contributed by atoms with Gasteiger partial charge in [-0.25, -0.2) is 14.6 Å². The molecule has 0 fully saturated rings. The molecule has 0 radical (unpaired) electrons. The molecule has 0 saturated heterocycles. The van der Waals surface area contributed by atoms with Crippen LogP contribution in [-0.2, 0) is 9.47 Å². The fourth-order valence-corrected chi connectivity index (χ4v) is 3.63. The summed E-state index contributed by atoms with van der Waals surface area (Å²) in [7, 11) is 2.46. The fourth-order valence-electron chi connectivity index (χ4n) is 3.50. The maximum atomic E-state index is 13.4. The number of methoxy groups -OCH3 is 2. The number of pyridine rings is 1. The number of aromatic nitrogens is 1. The van der Waals surface area contributed by atoms with Crippen molar-refractivity contribution in [2.24, 2.45) is 0 Å². The summed E-state index contributed by atoms with van der Waals surface area (Å²) in [6, 6.07) is 20.3. The van der Waals surface area contributed by atoms with E-state index in [0.29, 0.717) is 27.2 Å². The summed E-state index contributed by atoms with van der Waals surface area (Å²) in [5.74, 6) is -1.74. The van der Waals surface area contributed by atoms with Crippen molar-refractivity contribution in [3.8, 4) is 11.3 Å². The molecule has 1 heterocycles. The van der Waals surface area contributed by atoms with Crippen molar-refractivity contribution in [1.82, 2.24) is 4.98 Å². The van der Waals surface area contributed by atoms with Crippen LogP contribution < -0.4 is 5.32 Å². The number of esters is 2. The maximum Gasteiger partial charge on any atom is 0.337 e. The number of nitrogens with one attached hydrogen (secondary N) is 1. The molecule has 4 rings (SSSR count). The highest BCUT2D eigenvalue weighted by Crippen LogP contribution is 2.27. The molecule has 4 aromatic rings. The lowest BCUT2D eigenvalue weighted by molar-refractivity contribution is 0.0599. The molecular formula is C26H19ClN2O5. The normalized spacial score (nSPS) is 10.6. The second-order valence-corrected chi connectivity index (χ2v) is 7.75. The molecule has 0 aliphatic carbocycles. The third kappa shape index (κ3) is 4.74. The van der Waals surface area contributed by atoms with Crippen molar-refractivity contribution in [3.05, 3.63) is 94.5 Å². The van der Waals surface area contributed by atoms with Gasteiger partial charge in [-0.2, -0.15) is 0 Å². The second-order valence-electron chi connectivity index (χ2n) is 7.32.